The van der Waals surface area contributed by atoms with Gasteiger partial charge in [-0.2, -0.15) is 0 Å². The van der Waals surface area contributed by atoms with Crippen LogP contribution >= 0.6 is 38.5 Å². The van der Waals surface area contributed by atoms with E-state index in [0.29, 0.717) is 0 Å². The summed E-state index contributed by atoms with van der Waals surface area (Å²) in [6.45, 7) is 0. The molecule has 0 N–H and O–H groups in total. The van der Waals surface area contributed by atoms with Crippen LogP contribution in [0.2, 0.25) is 0 Å². The molecule has 4 heteroatoms. The van der Waals surface area contributed by atoms with Gasteiger partial charge in [0.2, 0.25) is 0 Å². The van der Waals surface area contributed by atoms with Crippen molar-refractivity contribution in [3.8, 4) is 0 Å². The van der Waals surface area contributed by atoms with E-state index in [4.69, 9.17) is 2.74 Å². The Bertz CT molecular complexity index is 281. The normalized spacial score (nSPS) is 12.8. The molecule has 0 atom stereocenters. The Morgan fingerprint density at radius 3 is 3.22 bits per heavy atom. The molecule has 0 aromatic carbocycles. The van der Waals surface area contributed by atoms with Crippen molar-refractivity contribution >= 4 is 38.5 Å². The second-order valence-corrected chi connectivity index (χ2v) is 3.10. The van der Waals surface area contributed by atoms with Gasteiger partial charge in [-0.25, -0.2) is 9.37 Å². The summed E-state index contributed by atoms with van der Waals surface area (Å²) in [5.74, 6) is -0.737. The molecule has 0 aliphatic carbocycles. The van der Waals surface area contributed by atoms with Gasteiger partial charge < -0.3 is 0 Å². The molecule has 0 aliphatic heterocycles. The van der Waals surface area contributed by atoms with E-state index in [0.717, 1.165) is 0 Å². The predicted octanol–water partition coefficient (Wildman–Crippen LogP) is 2.59. The summed E-state index contributed by atoms with van der Waals surface area (Å²) in [6.07, 6.45) is -0.433. The molecule has 0 fully saturated rings. The maximum absolute atomic E-state index is 12.8. The number of hydrogen-bond acceptors (Lipinski definition) is 1. The largest absolute Gasteiger partial charge is 0.246 e. The van der Waals surface area contributed by atoms with Crippen molar-refractivity contribution in [2.45, 2.75) is 0 Å². The standard InChI is InChI=1S/C5H2BrFIN/c6-5-1-4(8)3(7)2-9-5/h1-2H/i1D,2D. The van der Waals surface area contributed by atoms with E-state index in [1.807, 2.05) is 0 Å². The number of aromatic nitrogens is 1. The van der Waals surface area contributed by atoms with Crippen LogP contribution in [0.3, 0.4) is 0 Å². The first-order valence-corrected chi connectivity index (χ1v) is 3.89. The lowest BCUT2D eigenvalue weighted by Crippen LogP contribution is -1.83. The highest BCUT2D eigenvalue weighted by Gasteiger charge is 1.97. The molecule has 0 bridgehead atoms. The highest BCUT2D eigenvalue weighted by atomic mass is 127. The fraction of sp³-hybridized carbons (Fsp3) is 0. The second kappa shape index (κ2) is 2.92. The molecular weight excluding hydrogens is 300 g/mol. The molecule has 1 rings (SSSR count). The van der Waals surface area contributed by atoms with Gasteiger partial charge in [0.25, 0.3) is 0 Å². The van der Waals surface area contributed by atoms with Gasteiger partial charge in [-0.05, 0) is 44.6 Å². The molecule has 48 valence electrons. The zero-order chi connectivity index (χ0) is 8.59. The van der Waals surface area contributed by atoms with Crippen LogP contribution in [-0.4, -0.2) is 4.98 Å². The van der Waals surface area contributed by atoms with Crippen molar-refractivity contribution in [2.24, 2.45) is 0 Å². The Hall–Kier alpha value is 0.290. The number of pyridine rings is 1. The van der Waals surface area contributed by atoms with Gasteiger partial charge >= 0.3 is 0 Å². The van der Waals surface area contributed by atoms with E-state index in [-0.39, 0.29) is 14.2 Å². The Kier molecular flexibility index (Phi) is 1.62. The van der Waals surface area contributed by atoms with Crippen LogP contribution in [0.5, 0.6) is 0 Å². The van der Waals surface area contributed by atoms with Crippen molar-refractivity contribution in [3.63, 3.8) is 0 Å². The van der Waals surface area contributed by atoms with Gasteiger partial charge in [-0.1, -0.05) is 0 Å². The second-order valence-electron chi connectivity index (χ2n) is 1.27. The third-order valence-electron chi connectivity index (χ3n) is 0.658. The van der Waals surface area contributed by atoms with Gasteiger partial charge in [-0.15, -0.1) is 0 Å². The van der Waals surface area contributed by atoms with Crippen molar-refractivity contribution in [2.75, 3.05) is 0 Å². The first kappa shape index (κ1) is 5.01. The number of halogens is 3. The molecule has 9 heavy (non-hydrogen) atoms. The lowest BCUT2D eigenvalue weighted by molar-refractivity contribution is 0.613. The van der Waals surface area contributed by atoms with Gasteiger partial charge in [0.15, 0.2) is 5.82 Å². The molecule has 0 aliphatic rings. The van der Waals surface area contributed by atoms with E-state index in [9.17, 15) is 4.39 Å². The first-order valence-electron chi connectivity index (χ1n) is 3.01. The smallest absolute Gasteiger partial charge is 0.154 e. The molecule has 0 radical (unpaired) electrons. The summed E-state index contributed by atoms with van der Waals surface area (Å²) >= 11 is 4.61. The van der Waals surface area contributed by atoms with E-state index in [2.05, 4.69) is 20.9 Å². The van der Waals surface area contributed by atoms with Crippen LogP contribution < -0.4 is 0 Å². The quantitative estimate of drug-likeness (QED) is 0.530. The van der Waals surface area contributed by atoms with Crippen molar-refractivity contribution in [1.29, 1.82) is 0 Å². The summed E-state index contributed by atoms with van der Waals surface area (Å²) in [5, 5.41) is 0. The van der Waals surface area contributed by atoms with Crippen molar-refractivity contribution in [1.82, 2.24) is 4.98 Å². The summed E-state index contributed by atoms with van der Waals surface area (Å²) < 4.78 is 27.3. The fourth-order valence-electron chi connectivity index (χ4n) is 0.321. The fourth-order valence-corrected chi connectivity index (χ4v) is 1.35. The molecule has 0 spiro atoms. The van der Waals surface area contributed by atoms with Crippen LogP contribution in [0.1, 0.15) is 2.74 Å². The molecule has 1 nitrogen and oxygen atoms in total. The monoisotopic (exact) mass is 303 g/mol. The lowest BCUT2D eigenvalue weighted by Gasteiger charge is -1.91. The molecule has 0 saturated carbocycles. The van der Waals surface area contributed by atoms with E-state index >= 15 is 0 Å². The Labute approximate surface area is 76.8 Å². The average Bonchev–Trinajstić information content (AvgIpc) is 1.97. The summed E-state index contributed by atoms with van der Waals surface area (Å²) in [6, 6.07) is -0.0147. The van der Waals surface area contributed by atoms with Gasteiger partial charge in [0, 0.05) is 0 Å². The topological polar surface area (TPSA) is 12.9 Å². The molecule has 1 heterocycles. The SMILES string of the molecule is [2H]c1nc(Br)c([2H])c(I)c1F. The number of rotatable bonds is 0. The number of nitrogens with zero attached hydrogens (tertiary/aromatic N) is 1. The van der Waals surface area contributed by atoms with Gasteiger partial charge in [-0.3, -0.25) is 0 Å². The third-order valence-corrected chi connectivity index (χ3v) is 1.78. The van der Waals surface area contributed by atoms with Crippen LogP contribution in [0, 0.1) is 9.39 Å². The summed E-state index contributed by atoms with van der Waals surface area (Å²) in [7, 11) is 0. The molecule has 1 aromatic rings. The summed E-state index contributed by atoms with van der Waals surface area (Å²) in [5.41, 5.74) is 0. The van der Waals surface area contributed by atoms with E-state index in [1.54, 1.807) is 22.6 Å². The minimum atomic E-state index is -0.737. The molecule has 1 aromatic heterocycles. The Morgan fingerprint density at radius 2 is 2.56 bits per heavy atom. The highest BCUT2D eigenvalue weighted by Crippen LogP contribution is 2.13. The molecule has 0 amide bonds. The van der Waals surface area contributed by atoms with Crippen LogP contribution in [0.15, 0.2) is 16.8 Å². The van der Waals surface area contributed by atoms with Crippen LogP contribution in [0.25, 0.3) is 0 Å². The third kappa shape index (κ3) is 1.86. The highest BCUT2D eigenvalue weighted by molar-refractivity contribution is 14.1. The summed E-state index contributed by atoms with van der Waals surface area (Å²) in [4.78, 5) is 3.45. The molecule has 0 unspecified atom stereocenters. The van der Waals surface area contributed by atoms with Crippen LogP contribution in [-0.2, 0) is 0 Å². The Balaban J connectivity index is 3.46. The molecule has 0 saturated heterocycles. The Morgan fingerprint density at radius 1 is 1.89 bits per heavy atom. The van der Waals surface area contributed by atoms with Crippen LogP contribution in [0.4, 0.5) is 4.39 Å². The minimum absolute atomic E-state index is 0.0147. The maximum atomic E-state index is 12.8. The predicted molar refractivity (Wildman–Crippen MR) is 44.6 cm³/mol. The number of hydrogen-bond donors (Lipinski definition) is 0. The maximum Gasteiger partial charge on any atom is 0.154 e. The minimum Gasteiger partial charge on any atom is -0.246 e. The van der Waals surface area contributed by atoms with Gasteiger partial charge in [0.1, 0.15) is 4.60 Å². The average molecular weight is 304 g/mol. The van der Waals surface area contributed by atoms with E-state index in [1.165, 1.54) is 0 Å². The first-order chi connectivity index (χ1) is 5.04. The molecular formula is C5H2BrFIN. The van der Waals surface area contributed by atoms with Gasteiger partial charge in [0.05, 0.1) is 12.5 Å². The zero-order valence-corrected chi connectivity index (χ0v) is 7.82. The zero-order valence-electron chi connectivity index (χ0n) is 6.08. The van der Waals surface area contributed by atoms with Crippen molar-refractivity contribution < 1.29 is 7.13 Å². The van der Waals surface area contributed by atoms with E-state index < -0.39 is 12.0 Å². The van der Waals surface area contributed by atoms with Crippen molar-refractivity contribution in [3.05, 3.63) is 26.2 Å². The lowest BCUT2D eigenvalue weighted by atomic mass is 10.5.